The summed E-state index contributed by atoms with van der Waals surface area (Å²) >= 11 is 0. The molecular weight excluding hydrogens is 284 g/mol. The highest BCUT2D eigenvalue weighted by molar-refractivity contribution is 7.89. The van der Waals surface area contributed by atoms with Crippen LogP contribution in [0.2, 0.25) is 0 Å². The number of hydrogen-bond donors (Lipinski definition) is 2. The van der Waals surface area contributed by atoms with Crippen LogP contribution in [-0.2, 0) is 16.6 Å². The predicted molar refractivity (Wildman–Crippen MR) is 83.2 cm³/mol. The van der Waals surface area contributed by atoms with Crippen LogP contribution >= 0.6 is 0 Å². The van der Waals surface area contributed by atoms with Crippen LogP contribution < -0.4 is 10.0 Å². The molecule has 0 amide bonds. The van der Waals surface area contributed by atoms with Crippen molar-refractivity contribution >= 4 is 10.0 Å². The highest BCUT2D eigenvalue weighted by atomic mass is 32.2. The van der Waals surface area contributed by atoms with Crippen molar-refractivity contribution in [2.75, 3.05) is 13.6 Å². The van der Waals surface area contributed by atoms with Gasteiger partial charge in [0.25, 0.3) is 0 Å². The smallest absolute Gasteiger partial charge is 0.240 e. The van der Waals surface area contributed by atoms with Crippen LogP contribution in [-0.4, -0.2) is 22.0 Å². The molecule has 4 nitrogen and oxygen atoms in total. The summed E-state index contributed by atoms with van der Waals surface area (Å²) in [6, 6.07) is 7.11. The fraction of sp³-hybridized carbons (Fsp3) is 0.500. The number of benzene rings is 1. The fourth-order valence-corrected chi connectivity index (χ4v) is 4.27. The van der Waals surface area contributed by atoms with E-state index in [0.29, 0.717) is 11.4 Å². The number of rotatable bonds is 6. The second-order valence-electron chi connectivity index (χ2n) is 6.03. The van der Waals surface area contributed by atoms with Crippen molar-refractivity contribution in [2.45, 2.75) is 24.3 Å². The first-order valence-corrected chi connectivity index (χ1v) is 8.98. The van der Waals surface area contributed by atoms with E-state index in [2.05, 4.69) is 22.2 Å². The van der Waals surface area contributed by atoms with Crippen molar-refractivity contribution in [1.82, 2.24) is 10.0 Å². The van der Waals surface area contributed by atoms with E-state index < -0.39 is 10.0 Å². The average Bonchev–Trinajstić information content (AvgIpc) is 3.10. The zero-order valence-electron chi connectivity index (χ0n) is 12.2. The van der Waals surface area contributed by atoms with Gasteiger partial charge < -0.3 is 5.32 Å². The van der Waals surface area contributed by atoms with E-state index >= 15 is 0 Å². The van der Waals surface area contributed by atoms with Crippen molar-refractivity contribution in [3.05, 3.63) is 42.0 Å². The molecule has 0 spiro atoms. The molecule has 0 radical (unpaired) electrons. The van der Waals surface area contributed by atoms with Gasteiger partial charge in [-0.3, -0.25) is 0 Å². The van der Waals surface area contributed by atoms with Crippen LogP contribution in [0.3, 0.4) is 0 Å². The van der Waals surface area contributed by atoms with Crippen LogP contribution in [0.4, 0.5) is 0 Å². The molecule has 1 aromatic rings. The summed E-state index contributed by atoms with van der Waals surface area (Å²) in [5.74, 6) is 2.29. The minimum absolute atomic E-state index is 0.326. The highest BCUT2D eigenvalue weighted by Crippen LogP contribution is 2.42. The SMILES string of the molecule is CNS(=O)(=O)c1cccc(CNC[C@H]2C[C@H]3C=C[C@H]2C3)c1. The van der Waals surface area contributed by atoms with Gasteiger partial charge in [-0.05, 0) is 61.9 Å². The lowest BCUT2D eigenvalue weighted by Crippen LogP contribution is -2.25. The Labute approximate surface area is 126 Å². The summed E-state index contributed by atoms with van der Waals surface area (Å²) in [5, 5.41) is 3.48. The highest BCUT2D eigenvalue weighted by Gasteiger charge is 2.34. The van der Waals surface area contributed by atoms with Crippen LogP contribution in [0.1, 0.15) is 18.4 Å². The maximum Gasteiger partial charge on any atom is 0.240 e. The Bertz CT molecular complexity index is 639. The largest absolute Gasteiger partial charge is 0.312 e. The van der Waals surface area contributed by atoms with Gasteiger partial charge in [0.15, 0.2) is 0 Å². The number of hydrogen-bond acceptors (Lipinski definition) is 3. The first kappa shape index (κ1) is 14.8. The Kier molecular flexibility index (Phi) is 4.15. The Hall–Kier alpha value is -1.17. The van der Waals surface area contributed by atoms with Gasteiger partial charge in [-0.15, -0.1) is 0 Å². The lowest BCUT2D eigenvalue weighted by molar-refractivity contribution is 0.414. The second-order valence-corrected chi connectivity index (χ2v) is 7.91. The summed E-state index contributed by atoms with van der Waals surface area (Å²) in [4.78, 5) is 0.326. The van der Waals surface area contributed by atoms with Gasteiger partial charge in [0.1, 0.15) is 0 Å². The molecule has 1 fully saturated rings. The van der Waals surface area contributed by atoms with Gasteiger partial charge in [0.05, 0.1) is 4.90 Å². The molecule has 21 heavy (non-hydrogen) atoms. The molecular formula is C16H22N2O2S. The second kappa shape index (κ2) is 5.91. The van der Waals surface area contributed by atoms with E-state index in [1.54, 1.807) is 18.2 Å². The quantitative estimate of drug-likeness (QED) is 0.789. The van der Waals surface area contributed by atoms with Crippen LogP contribution in [0.25, 0.3) is 0 Å². The molecule has 3 atom stereocenters. The first-order valence-electron chi connectivity index (χ1n) is 7.50. The summed E-state index contributed by atoms with van der Waals surface area (Å²) < 4.78 is 25.9. The Morgan fingerprint density at radius 3 is 2.76 bits per heavy atom. The average molecular weight is 306 g/mol. The van der Waals surface area contributed by atoms with Crippen molar-refractivity contribution in [3.8, 4) is 0 Å². The predicted octanol–water partition coefficient (Wildman–Crippen LogP) is 1.90. The molecule has 0 unspecified atom stereocenters. The standard InChI is InChI=1S/C16H22N2O2S/c1-17-21(19,20)16-4-2-3-13(9-16)10-18-11-15-8-12-5-6-14(15)7-12/h2-6,9,12,14-15,17-18H,7-8,10-11H2,1H3/t12-,14-,15+/m0/s1. The van der Waals surface area contributed by atoms with Crippen LogP contribution in [0, 0.1) is 17.8 Å². The molecule has 0 saturated heterocycles. The molecule has 5 heteroatoms. The molecule has 114 valence electrons. The van der Waals surface area contributed by atoms with E-state index in [1.165, 1.54) is 19.9 Å². The molecule has 0 aliphatic heterocycles. The maximum atomic E-state index is 11.8. The van der Waals surface area contributed by atoms with Crippen LogP contribution in [0.5, 0.6) is 0 Å². The fourth-order valence-electron chi connectivity index (χ4n) is 3.47. The van der Waals surface area contributed by atoms with Gasteiger partial charge >= 0.3 is 0 Å². The van der Waals surface area contributed by atoms with Crippen molar-refractivity contribution in [3.63, 3.8) is 0 Å². The molecule has 2 N–H and O–H groups in total. The third kappa shape index (κ3) is 3.20. The monoisotopic (exact) mass is 306 g/mol. The van der Waals surface area contributed by atoms with Crippen LogP contribution in [0.15, 0.2) is 41.3 Å². The minimum atomic E-state index is -3.36. The van der Waals surface area contributed by atoms with Gasteiger partial charge in [-0.2, -0.15) is 0 Å². The summed E-state index contributed by atoms with van der Waals surface area (Å²) in [6.45, 7) is 1.72. The molecule has 2 bridgehead atoms. The van der Waals surface area contributed by atoms with Gasteiger partial charge in [-0.25, -0.2) is 13.1 Å². The zero-order valence-corrected chi connectivity index (χ0v) is 13.1. The topological polar surface area (TPSA) is 58.2 Å². The number of fused-ring (bicyclic) bond motifs is 2. The minimum Gasteiger partial charge on any atom is -0.312 e. The maximum absolute atomic E-state index is 11.8. The molecule has 0 aromatic heterocycles. The first-order chi connectivity index (χ1) is 10.1. The van der Waals surface area contributed by atoms with E-state index in [4.69, 9.17) is 0 Å². The van der Waals surface area contributed by atoms with Gasteiger partial charge in [0, 0.05) is 6.54 Å². The zero-order chi connectivity index (χ0) is 14.9. The summed E-state index contributed by atoms with van der Waals surface area (Å²) in [7, 11) is -1.92. The van der Waals surface area contributed by atoms with Gasteiger partial charge in [0.2, 0.25) is 10.0 Å². The summed E-state index contributed by atoms with van der Waals surface area (Å²) in [5.41, 5.74) is 1.00. The van der Waals surface area contributed by atoms with E-state index in [1.807, 2.05) is 6.07 Å². The molecule has 2 aliphatic rings. The Morgan fingerprint density at radius 1 is 1.24 bits per heavy atom. The summed E-state index contributed by atoms with van der Waals surface area (Å²) in [6.07, 6.45) is 7.33. The number of allylic oxidation sites excluding steroid dienone is 2. The number of nitrogens with one attached hydrogen (secondary N) is 2. The van der Waals surface area contributed by atoms with E-state index in [9.17, 15) is 8.42 Å². The lowest BCUT2D eigenvalue weighted by Gasteiger charge is -2.18. The van der Waals surface area contributed by atoms with Crippen molar-refractivity contribution < 1.29 is 8.42 Å². The molecule has 1 aromatic carbocycles. The Balaban J connectivity index is 1.56. The normalized spacial score (nSPS) is 27.4. The third-order valence-corrected chi connectivity index (χ3v) is 6.04. The molecule has 3 rings (SSSR count). The molecule has 1 saturated carbocycles. The number of sulfonamides is 1. The van der Waals surface area contributed by atoms with E-state index in [0.717, 1.165) is 29.9 Å². The molecule has 2 aliphatic carbocycles. The van der Waals surface area contributed by atoms with Crippen molar-refractivity contribution in [2.24, 2.45) is 17.8 Å². The molecule has 0 heterocycles. The van der Waals surface area contributed by atoms with E-state index in [-0.39, 0.29) is 0 Å². The third-order valence-electron chi connectivity index (χ3n) is 4.63. The Morgan fingerprint density at radius 2 is 2.10 bits per heavy atom. The van der Waals surface area contributed by atoms with Gasteiger partial charge in [-0.1, -0.05) is 24.3 Å². The van der Waals surface area contributed by atoms with Crippen molar-refractivity contribution in [1.29, 1.82) is 0 Å². The lowest BCUT2D eigenvalue weighted by atomic mass is 9.93.